The molecule has 0 aliphatic heterocycles. The Morgan fingerprint density at radius 1 is 1.17 bits per heavy atom. The van der Waals surface area contributed by atoms with E-state index in [9.17, 15) is 9.59 Å². The fraction of sp³-hybridized carbons (Fsp3) is 0.278. The van der Waals surface area contributed by atoms with Gasteiger partial charge < -0.3 is 15.4 Å². The third-order valence-electron chi connectivity index (χ3n) is 3.43. The second-order valence-corrected chi connectivity index (χ2v) is 5.19. The zero-order valence-electron chi connectivity index (χ0n) is 13.8. The molecule has 0 aliphatic rings. The molecule has 6 nitrogen and oxygen atoms in total. The lowest BCUT2D eigenvalue weighted by Gasteiger charge is -2.10. The molecular weight excluding hydrogens is 306 g/mol. The van der Waals surface area contributed by atoms with Gasteiger partial charge in [0, 0.05) is 18.3 Å². The molecule has 2 N–H and O–H groups in total. The van der Waals surface area contributed by atoms with Gasteiger partial charge in [0.1, 0.15) is 11.4 Å². The van der Waals surface area contributed by atoms with Crippen LogP contribution in [0.3, 0.4) is 0 Å². The van der Waals surface area contributed by atoms with Gasteiger partial charge in [-0.25, -0.2) is 0 Å². The van der Waals surface area contributed by atoms with Gasteiger partial charge >= 0.3 is 0 Å². The van der Waals surface area contributed by atoms with Crippen LogP contribution < -0.4 is 15.4 Å². The van der Waals surface area contributed by atoms with Crippen molar-refractivity contribution in [2.75, 3.05) is 19.0 Å². The minimum Gasteiger partial charge on any atom is -0.495 e. The van der Waals surface area contributed by atoms with E-state index in [-0.39, 0.29) is 11.6 Å². The summed E-state index contributed by atoms with van der Waals surface area (Å²) in [5.74, 6) is -0.0563. The fourth-order valence-electron chi connectivity index (χ4n) is 2.11. The maximum Gasteiger partial charge on any atom is 0.274 e. The molecule has 0 saturated carbocycles. The van der Waals surface area contributed by atoms with Crippen LogP contribution >= 0.6 is 0 Å². The fourth-order valence-corrected chi connectivity index (χ4v) is 2.11. The van der Waals surface area contributed by atoms with Crippen molar-refractivity contribution in [1.82, 2.24) is 10.3 Å². The van der Waals surface area contributed by atoms with Crippen LogP contribution in [0.25, 0.3) is 0 Å². The number of methoxy groups -OCH3 is 1. The van der Waals surface area contributed by atoms with Crippen molar-refractivity contribution >= 4 is 17.5 Å². The number of unbranched alkanes of at least 4 members (excludes halogenated alkanes) is 1. The van der Waals surface area contributed by atoms with Crippen LogP contribution in [-0.4, -0.2) is 30.5 Å². The van der Waals surface area contributed by atoms with Crippen LogP contribution in [0.2, 0.25) is 0 Å². The number of anilines is 1. The number of carbonyl (C=O) groups is 2. The van der Waals surface area contributed by atoms with Gasteiger partial charge in [0.2, 0.25) is 0 Å². The van der Waals surface area contributed by atoms with Gasteiger partial charge in [0.05, 0.1) is 12.8 Å². The number of hydrogen-bond acceptors (Lipinski definition) is 4. The maximum absolute atomic E-state index is 12.4. The molecule has 126 valence electrons. The van der Waals surface area contributed by atoms with Crippen LogP contribution in [-0.2, 0) is 0 Å². The van der Waals surface area contributed by atoms with E-state index >= 15 is 0 Å². The summed E-state index contributed by atoms with van der Waals surface area (Å²) in [6, 6.07) is 10.2. The minimum atomic E-state index is -0.400. The van der Waals surface area contributed by atoms with E-state index in [1.807, 2.05) is 6.07 Å². The van der Waals surface area contributed by atoms with Gasteiger partial charge in [-0.3, -0.25) is 14.6 Å². The molecule has 2 aromatic rings. The molecule has 0 radical (unpaired) electrons. The number of nitrogens with zero attached hydrogens (tertiary/aromatic N) is 1. The molecule has 0 unspecified atom stereocenters. The van der Waals surface area contributed by atoms with E-state index in [1.165, 1.54) is 19.4 Å². The third-order valence-corrected chi connectivity index (χ3v) is 3.43. The van der Waals surface area contributed by atoms with E-state index in [0.29, 0.717) is 23.5 Å². The maximum atomic E-state index is 12.4. The highest BCUT2D eigenvalue weighted by Crippen LogP contribution is 2.23. The summed E-state index contributed by atoms with van der Waals surface area (Å²) in [5, 5.41) is 5.55. The molecular formula is C18H21N3O3. The minimum absolute atomic E-state index is 0.170. The molecule has 1 aromatic carbocycles. The monoisotopic (exact) mass is 327 g/mol. The van der Waals surface area contributed by atoms with Crippen molar-refractivity contribution in [3.63, 3.8) is 0 Å². The first kappa shape index (κ1) is 17.5. The first-order valence-corrected chi connectivity index (χ1v) is 7.84. The van der Waals surface area contributed by atoms with Crippen molar-refractivity contribution in [2.24, 2.45) is 0 Å². The van der Waals surface area contributed by atoms with E-state index in [0.717, 1.165) is 12.8 Å². The Morgan fingerprint density at radius 3 is 2.71 bits per heavy atom. The van der Waals surface area contributed by atoms with Crippen LogP contribution in [0.15, 0.2) is 42.6 Å². The van der Waals surface area contributed by atoms with Crippen molar-refractivity contribution in [2.45, 2.75) is 19.8 Å². The molecule has 1 aromatic heterocycles. The highest BCUT2D eigenvalue weighted by Gasteiger charge is 2.13. The number of pyridine rings is 1. The molecule has 24 heavy (non-hydrogen) atoms. The summed E-state index contributed by atoms with van der Waals surface area (Å²) in [7, 11) is 1.53. The molecule has 6 heteroatoms. The predicted molar refractivity (Wildman–Crippen MR) is 92.4 cm³/mol. The quantitative estimate of drug-likeness (QED) is 0.766. The number of nitrogens with one attached hydrogen (secondary N) is 2. The number of carbonyl (C=O) groups excluding carboxylic acids is 2. The summed E-state index contributed by atoms with van der Waals surface area (Å²) in [6.45, 7) is 2.67. The molecule has 2 amide bonds. The lowest BCUT2D eigenvalue weighted by molar-refractivity contribution is 0.0953. The molecule has 1 heterocycles. The van der Waals surface area contributed by atoms with Crippen LogP contribution in [0.4, 0.5) is 5.69 Å². The van der Waals surface area contributed by atoms with E-state index in [2.05, 4.69) is 22.5 Å². The van der Waals surface area contributed by atoms with Gasteiger partial charge in [-0.2, -0.15) is 0 Å². The van der Waals surface area contributed by atoms with Gasteiger partial charge in [0.25, 0.3) is 11.8 Å². The molecule has 0 spiro atoms. The first-order valence-electron chi connectivity index (χ1n) is 7.84. The second-order valence-electron chi connectivity index (χ2n) is 5.19. The number of benzene rings is 1. The first-order chi connectivity index (χ1) is 11.7. The second kappa shape index (κ2) is 8.67. The average Bonchev–Trinajstić information content (AvgIpc) is 2.62. The van der Waals surface area contributed by atoms with E-state index < -0.39 is 5.91 Å². The lowest BCUT2D eigenvalue weighted by Crippen LogP contribution is -2.25. The number of amides is 2. The Bertz CT molecular complexity index is 716. The normalized spacial score (nSPS) is 10.1. The Kier molecular flexibility index (Phi) is 6.31. The Balaban J connectivity index is 2.10. The highest BCUT2D eigenvalue weighted by molar-refractivity contribution is 6.05. The summed E-state index contributed by atoms with van der Waals surface area (Å²) in [6.07, 6.45) is 3.37. The zero-order valence-corrected chi connectivity index (χ0v) is 13.8. The molecule has 0 atom stereocenters. The standard InChI is InChI=1S/C18H21N3O3/c1-3-4-10-20-17(22)13-9-11-19-15(12-13)18(23)21-14-7-5-6-8-16(14)24-2/h5-9,11-12H,3-4,10H2,1-2H3,(H,20,22)(H,21,23). The molecule has 0 aliphatic carbocycles. The molecule has 0 bridgehead atoms. The highest BCUT2D eigenvalue weighted by atomic mass is 16.5. The zero-order chi connectivity index (χ0) is 17.4. The average molecular weight is 327 g/mol. The SMILES string of the molecule is CCCCNC(=O)c1ccnc(C(=O)Nc2ccccc2OC)c1. The van der Waals surface area contributed by atoms with Gasteiger partial charge in [-0.1, -0.05) is 25.5 Å². The van der Waals surface area contributed by atoms with Crippen LogP contribution in [0, 0.1) is 0 Å². The number of rotatable bonds is 7. The summed E-state index contributed by atoms with van der Waals surface area (Å²) < 4.78 is 5.20. The van der Waals surface area contributed by atoms with Crippen LogP contribution in [0.5, 0.6) is 5.75 Å². The van der Waals surface area contributed by atoms with Crippen molar-refractivity contribution in [1.29, 1.82) is 0 Å². The van der Waals surface area contributed by atoms with Gasteiger partial charge in [-0.05, 0) is 30.7 Å². The lowest BCUT2D eigenvalue weighted by atomic mass is 10.2. The topological polar surface area (TPSA) is 80.3 Å². The summed E-state index contributed by atoms with van der Waals surface area (Å²) in [5.41, 5.74) is 1.12. The van der Waals surface area contributed by atoms with E-state index in [1.54, 1.807) is 24.3 Å². The largest absolute Gasteiger partial charge is 0.495 e. The number of para-hydroxylation sites is 2. The summed E-state index contributed by atoms with van der Waals surface area (Å²) >= 11 is 0. The Hall–Kier alpha value is -2.89. The van der Waals surface area contributed by atoms with Crippen molar-refractivity contribution < 1.29 is 14.3 Å². The number of hydrogen-bond donors (Lipinski definition) is 2. The predicted octanol–water partition coefficient (Wildman–Crippen LogP) is 2.87. The smallest absolute Gasteiger partial charge is 0.274 e. The number of aromatic nitrogens is 1. The Labute approximate surface area is 141 Å². The van der Waals surface area contributed by atoms with Crippen molar-refractivity contribution in [3.05, 3.63) is 53.9 Å². The molecule has 0 fully saturated rings. The summed E-state index contributed by atoms with van der Waals surface area (Å²) in [4.78, 5) is 28.5. The van der Waals surface area contributed by atoms with E-state index in [4.69, 9.17) is 4.74 Å². The number of ether oxygens (including phenoxy) is 1. The molecule has 2 rings (SSSR count). The Morgan fingerprint density at radius 2 is 1.96 bits per heavy atom. The van der Waals surface area contributed by atoms with Gasteiger partial charge in [0.15, 0.2) is 0 Å². The molecule has 0 saturated heterocycles. The van der Waals surface area contributed by atoms with Crippen LogP contribution in [0.1, 0.15) is 40.6 Å². The van der Waals surface area contributed by atoms with Gasteiger partial charge in [-0.15, -0.1) is 0 Å². The van der Waals surface area contributed by atoms with Crippen molar-refractivity contribution in [3.8, 4) is 5.75 Å². The third kappa shape index (κ3) is 4.55.